The molecule has 0 fully saturated rings. The number of nitrogens with one attached hydrogen (secondary N) is 2. The third-order valence-electron chi connectivity index (χ3n) is 2.78. The number of anilines is 1. The highest BCUT2D eigenvalue weighted by molar-refractivity contribution is 5.93. The molecule has 2 rings (SSSR count). The first kappa shape index (κ1) is 14.4. The maximum Gasteiger partial charge on any atom is 0.333 e. The van der Waals surface area contributed by atoms with E-state index in [-0.39, 0.29) is 17.2 Å². The van der Waals surface area contributed by atoms with E-state index in [9.17, 15) is 19.2 Å². The fourth-order valence-corrected chi connectivity index (χ4v) is 1.89. The van der Waals surface area contributed by atoms with E-state index in [1.54, 1.807) is 12.1 Å². The molecule has 21 heavy (non-hydrogen) atoms. The number of aromatic nitrogens is 2. The third-order valence-corrected chi connectivity index (χ3v) is 2.78. The third kappa shape index (κ3) is 2.97. The minimum Gasteiger partial charge on any atom is -0.326 e. The van der Waals surface area contributed by atoms with Crippen LogP contribution in [0.3, 0.4) is 0 Å². The second kappa shape index (κ2) is 5.58. The normalized spacial score (nSPS) is 10.2. The zero-order chi connectivity index (χ0) is 15.6. The summed E-state index contributed by atoms with van der Waals surface area (Å²) in [6.07, 6.45) is 1.10. The van der Waals surface area contributed by atoms with Crippen LogP contribution in [-0.2, 0) is 4.79 Å². The Morgan fingerprint density at radius 1 is 1.19 bits per heavy atom. The molecule has 1 heterocycles. The number of carbonyl (C=O) groups excluding carboxylic acids is 2. The van der Waals surface area contributed by atoms with Crippen molar-refractivity contribution in [3.8, 4) is 5.69 Å². The van der Waals surface area contributed by atoms with Crippen LogP contribution in [0.5, 0.6) is 0 Å². The van der Waals surface area contributed by atoms with Gasteiger partial charge in [0.15, 0.2) is 5.78 Å². The summed E-state index contributed by atoms with van der Waals surface area (Å²) in [7, 11) is 0. The molecule has 1 aromatic carbocycles. The number of Topliss-reactive ketones (excluding diaryl/α,β-unsaturated/α-hetero) is 1. The highest BCUT2D eigenvalue weighted by Crippen LogP contribution is 2.12. The summed E-state index contributed by atoms with van der Waals surface area (Å²) in [5.41, 5.74) is -0.772. The van der Waals surface area contributed by atoms with E-state index in [1.807, 2.05) is 0 Å². The van der Waals surface area contributed by atoms with Crippen molar-refractivity contribution in [1.29, 1.82) is 0 Å². The van der Waals surface area contributed by atoms with Crippen molar-refractivity contribution >= 4 is 17.4 Å². The first-order valence-corrected chi connectivity index (χ1v) is 6.14. The minimum absolute atomic E-state index is 0.112. The molecule has 0 saturated carbocycles. The Balaban J connectivity index is 2.64. The Morgan fingerprint density at radius 2 is 1.90 bits per heavy atom. The lowest BCUT2D eigenvalue weighted by Crippen LogP contribution is -2.36. The number of carbonyl (C=O) groups is 2. The van der Waals surface area contributed by atoms with Gasteiger partial charge in [0.1, 0.15) is 0 Å². The highest BCUT2D eigenvalue weighted by Gasteiger charge is 2.12. The molecule has 2 aromatic rings. The number of hydrogen-bond donors (Lipinski definition) is 2. The molecule has 0 atom stereocenters. The van der Waals surface area contributed by atoms with Crippen LogP contribution in [0.1, 0.15) is 24.2 Å². The molecule has 0 aliphatic heterocycles. The zero-order valence-electron chi connectivity index (χ0n) is 11.5. The Hall–Kier alpha value is -2.96. The number of hydrogen-bond acceptors (Lipinski definition) is 4. The molecule has 0 aliphatic rings. The van der Waals surface area contributed by atoms with Crippen LogP contribution < -0.4 is 16.6 Å². The Morgan fingerprint density at radius 3 is 2.52 bits per heavy atom. The smallest absolute Gasteiger partial charge is 0.326 e. The van der Waals surface area contributed by atoms with Gasteiger partial charge in [0.25, 0.3) is 5.56 Å². The van der Waals surface area contributed by atoms with Gasteiger partial charge in [0, 0.05) is 18.8 Å². The molecule has 7 nitrogen and oxygen atoms in total. The van der Waals surface area contributed by atoms with Gasteiger partial charge in [-0.15, -0.1) is 0 Å². The van der Waals surface area contributed by atoms with Crippen LogP contribution in [0.4, 0.5) is 5.69 Å². The van der Waals surface area contributed by atoms with Gasteiger partial charge < -0.3 is 10.3 Å². The molecule has 0 aliphatic carbocycles. The standard InChI is InChI=1S/C14H13N3O4/c1-8(18)12-7-15-14(21)17(13(12)20)11-5-3-4-10(6-11)16-9(2)19/h3-7H,1-2H3,(H,15,21)(H,16,19). The lowest BCUT2D eigenvalue weighted by molar-refractivity contribution is -0.114. The predicted molar refractivity (Wildman–Crippen MR) is 77.0 cm³/mol. The average Bonchev–Trinajstić information content (AvgIpc) is 2.38. The maximum absolute atomic E-state index is 12.2. The molecule has 0 saturated heterocycles. The fraction of sp³-hybridized carbons (Fsp3) is 0.143. The number of aromatic amines is 1. The lowest BCUT2D eigenvalue weighted by Gasteiger charge is -2.08. The van der Waals surface area contributed by atoms with Gasteiger partial charge in [-0.1, -0.05) is 6.07 Å². The molecule has 2 N–H and O–H groups in total. The van der Waals surface area contributed by atoms with Crippen LogP contribution in [-0.4, -0.2) is 21.2 Å². The Kier molecular flexibility index (Phi) is 3.84. The SMILES string of the molecule is CC(=O)Nc1cccc(-n2c(=O)[nH]cc(C(C)=O)c2=O)c1. The summed E-state index contributed by atoms with van der Waals surface area (Å²) in [5.74, 6) is -0.714. The molecule has 1 aromatic heterocycles. The van der Waals surface area contributed by atoms with Gasteiger partial charge in [-0.2, -0.15) is 0 Å². The number of ketones is 1. The summed E-state index contributed by atoms with van der Waals surface area (Å²) < 4.78 is 0.849. The number of amides is 1. The van der Waals surface area contributed by atoms with E-state index < -0.39 is 17.0 Å². The molecule has 0 radical (unpaired) electrons. The first-order valence-electron chi connectivity index (χ1n) is 6.14. The summed E-state index contributed by atoms with van der Waals surface area (Å²) >= 11 is 0. The summed E-state index contributed by atoms with van der Waals surface area (Å²) in [6, 6.07) is 6.22. The average molecular weight is 287 g/mol. The Labute approximate surface area is 119 Å². The maximum atomic E-state index is 12.2. The van der Waals surface area contributed by atoms with Crippen molar-refractivity contribution in [1.82, 2.24) is 9.55 Å². The van der Waals surface area contributed by atoms with Gasteiger partial charge in [0.2, 0.25) is 5.91 Å². The van der Waals surface area contributed by atoms with E-state index in [4.69, 9.17) is 0 Å². The van der Waals surface area contributed by atoms with Crippen molar-refractivity contribution in [2.45, 2.75) is 13.8 Å². The number of nitrogens with zero attached hydrogens (tertiary/aromatic N) is 1. The molecule has 0 spiro atoms. The monoisotopic (exact) mass is 287 g/mol. The van der Waals surface area contributed by atoms with Crippen molar-refractivity contribution in [2.24, 2.45) is 0 Å². The van der Waals surface area contributed by atoms with Crippen LogP contribution in [0, 0.1) is 0 Å². The van der Waals surface area contributed by atoms with E-state index in [0.717, 1.165) is 10.8 Å². The van der Waals surface area contributed by atoms with Crippen LogP contribution in [0.15, 0.2) is 40.1 Å². The van der Waals surface area contributed by atoms with Crippen LogP contribution >= 0.6 is 0 Å². The van der Waals surface area contributed by atoms with Crippen molar-refractivity contribution < 1.29 is 9.59 Å². The molecule has 1 amide bonds. The second-order valence-electron chi connectivity index (χ2n) is 4.44. The molecular weight excluding hydrogens is 274 g/mol. The number of rotatable bonds is 3. The Bertz CT molecular complexity index is 833. The quantitative estimate of drug-likeness (QED) is 0.811. The number of benzene rings is 1. The van der Waals surface area contributed by atoms with Crippen molar-refractivity contribution in [3.05, 3.63) is 56.9 Å². The van der Waals surface area contributed by atoms with Crippen LogP contribution in [0.2, 0.25) is 0 Å². The molecule has 108 valence electrons. The summed E-state index contributed by atoms with van der Waals surface area (Å²) in [5, 5.41) is 2.56. The van der Waals surface area contributed by atoms with Gasteiger partial charge >= 0.3 is 5.69 Å². The predicted octanol–water partition coefficient (Wildman–Crippen LogP) is 0.687. The topological polar surface area (TPSA) is 101 Å². The summed E-state index contributed by atoms with van der Waals surface area (Å²) in [4.78, 5) is 48.8. The van der Waals surface area contributed by atoms with Gasteiger partial charge in [0.05, 0.1) is 11.3 Å². The first-order chi connectivity index (χ1) is 9.90. The second-order valence-corrected chi connectivity index (χ2v) is 4.44. The van der Waals surface area contributed by atoms with E-state index >= 15 is 0 Å². The van der Waals surface area contributed by atoms with E-state index in [1.165, 1.54) is 26.0 Å². The van der Waals surface area contributed by atoms with Crippen molar-refractivity contribution in [2.75, 3.05) is 5.32 Å². The van der Waals surface area contributed by atoms with Gasteiger partial charge in [-0.25, -0.2) is 9.36 Å². The molecule has 7 heteroatoms. The van der Waals surface area contributed by atoms with Crippen LogP contribution in [0.25, 0.3) is 5.69 Å². The van der Waals surface area contributed by atoms with E-state index in [2.05, 4.69) is 10.3 Å². The fourth-order valence-electron chi connectivity index (χ4n) is 1.89. The van der Waals surface area contributed by atoms with Gasteiger partial charge in [-0.05, 0) is 25.1 Å². The molecule has 0 unspecified atom stereocenters. The number of H-pyrrole nitrogens is 1. The molecule has 0 bridgehead atoms. The summed E-state index contributed by atoms with van der Waals surface area (Å²) in [6.45, 7) is 2.59. The lowest BCUT2D eigenvalue weighted by atomic mass is 10.2. The highest BCUT2D eigenvalue weighted by atomic mass is 16.2. The molecular formula is C14H13N3O4. The largest absolute Gasteiger partial charge is 0.333 e. The zero-order valence-corrected chi connectivity index (χ0v) is 11.5. The van der Waals surface area contributed by atoms with E-state index in [0.29, 0.717) is 5.69 Å². The van der Waals surface area contributed by atoms with Gasteiger partial charge in [-0.3, -0.25) is 14.4 Å². The van der Waals surface area contributed by atoms with Crippen molar-refractivity contribution in [3.63, 3.8) is 0 Å². The minimum atomic E-state index is -0.703.